The van der Waals surface area contributed by atoms with Gasteiger partial charge in [0.2, 0.25) is 11.7 Å². The summed E-state index contributed by atoms with van der Waals surface area (Å²) in [4.78, 5) is 35.6. The number of carbonyl (C=O) groups is 2. The quantitative estimate of drug-likeness (QED) is 0.269. The van der Waals surface area contributed by atoms with Gasteiger partial charge in [-0.2, -0.15) is 0 Å². The van der Waals surface area contributed by atoms with E-state index in [1.807, 2.05) is 0 Å². The van der Waals surface area contributed by atoms with Gasteiger partial charge in [-0.3, -0.25) is 14.9 Å². The molecule has 0 saturated carbocycles. The van der Waals surface area contributed by atoms with Gasteiger partial charge < -0.3 is 28.7 Å². The number of nitrogens with zero attached hydrogens (tertiary/aromatic N) is 1. The van der Waals surface area contributed by atoms with Crippen molar-refractivity contribution in [1.82, 2.24) is 0 Å². The Morgan fingerprint density at radius 3 is 2.20 bits per heavy atom. The van der Waals surface area contributed by atoms with Crippen molar-refractivity contribution in [3.05, 3.63) is 63.4 Å². The average Bonchev–Trinajstić information content (AvgIpc) is 3.23. The highest BCUT2D eigenvalue weighted by Gasteiger charge is 2.23. The van der Waals surface area contributed by atoms with E-state index in [1.54, 1.807) is 19.1 Å². The molecule has 3 aromatic rings. The number of nitro benzene ring substituents is 1. The maximum absolute atomic E-state index is 12.7. The predicted octanol–water partition coefficient (Wildman–Crippen LogP) is 4.16. The van der Waals surface area contributed by atoms with Crippen LogP contribution in [0, 0.1) is 17.0 Å². The van der Waals surface area contributed by atoms with Crippen LogP contribution in [0.2, 0.25) is 0 Å². The van der Waals surface area contributed by atoms with E-state index in [9.17, 15) is 19.7 Å². The molecule has 35 heavy (non-hydrogen) atoms. The van der Waals surface area contributed by atoms with Gasteiger partial charge in [0.05, 0.1) is 45.3 Å². The number of carbonyl (C=O) groups excluding carboxylic acids is 2. The molecule has 2 aromatic carbocycles. The van der Waals surface area contributed by atoms with Crippen molar-refractivity contribution in [2.45, 2.75) is 13.3 Å². The number of nitro groups is 1. The van der Waals surface area contributed by atoms with Crippen molar-refractivity contribution in [3.63, 3.8) is 0 Å². The Morgan fingerprint density at radius 2 is 1.66 bits per heavy atom. The summed E-state index contributed by atoms with van der Waals surface area (Å²) >= 11 is 0. The maximum atomic E-state index is 12.7. The van der Waals surface area contributed by atoms with Crippen LogP contribution in [0.3, 0.4) is 0 Å². The second-order valence-corrected chi connectivity index (χ2v) is 7.32. The number of esters is 1. The van der Waals surface area contributed by atoms with Crippen LogP contribution in [0.5, 0.6) is 17.2 Å². The molecule has 0 spiro atoms. The highest BCUT2D eigenvalue weighted by Crippen LogP contribution is 2.38. The first-order valence-corrected chi connectivity index (χ1v) is 10.3. The van der Waals surface area contributed by atoms with Crippen LogP contribution in [0.4, 0.5) is 11.4 Å². The van der Waals surface area contributed by atoms with E-state index in [1.165, 1.54) is 52.7 Å². The van der Waals surface area contributed by atoms with E-state index < -0.39 is 16.8 Å². The number of hydrogen-bond donors (Lipinski definition) is 1. The molecular weight excluding hydrogens is 460 g/mol. The third-order valence-corrected chi connectivity index (χ3v) is 5.16. The van der Waals surface area contributed by atoms with Crippen molar-refractivity contribution in [2.24, 2.45) is 0 Å². The lowest BCUT2D eigenvalue weighted by atomic mass is 10.1. The van der Waals surface area contributed by atoms with Crippen molar-refractivity contribution in [1.29, 1.82) is 0 Å². The summed E-state index contributed by atoms with van der Waals surface area (Å²) < 4.78 is 26.1. The van der Waals surface area contributed by atoms with Crippen LogP contribution < -0.4 is 19.5 Å². The maximum Gasteiger partial charge on any atom is 0.341 e. The first-order chi connectivity index (χ1) is 16.7. The van der Waals surface area contributed by atoms with Crippen molar-refractivity contribution >= 4 is 23.3 Å². The lowest BCUT2D eigenvalue weighted by molar-refractivity contribution is -0.384. The monoisotopic (exact) mass is 484 g/mol. The zero-order valence-electron chi connectivity index (χ0n) is 19.8. The van der Waals surface area contributed by atoms with Crippen LogP contribution in [-0.4, -0.2) is 45.2 Å². The second-order valence-electron chi connectivity index (χ2n) is 7.32. The van der Waals surface area contributed by atoms with Crippen LogP contribution >= 0.6 is 0 Å². The van der Waals surface area contributed by atoms with Crippen LogP contribution in [0.1, 0.15) is 21.7 Å². The third-order valence-electron chi connectivity index (χ3n) is 5.16. The molecule has 0 bridgehead atoms. The number of amides is 1. The number of ether oxygens (including phenoxy) is 4. The molecule has 3 rings (SSSR count). The summed E-state index contributed by atoms with van der Waals surface area (Å²) in [5, 5.41) is 14.4. The van der Waals surface area contributed by atoms with Crippen LogP contribution in [0.15, 0.2) is 40.8 Å². The average molecular weight is 484 g/mol. The molecule has 0 aliphatic carbocycles. The minimum Gasteiger partial charge on any atom is -0.493 e. The number of furan rings is 1. The van der Waals surface area contributed by atoms with E-state index in [-0.39, 0.29) is 40.4 Å². The summed E-state index contributed by atoms with van der Waals surface area (Å²) in [5.41, 5.74) is 0.815. The standard InChI is InChI=1S/C24H24N2O9/c1-13-17(24(28)34-5)12-19(35-13)16-7-6-15(11-18(16)26(29)30)25-22(27)10-14-8-20(31-2)23(33-4)21(9-14)32-3/h6-9,11-12H,10H2,1-5H3,(H,25,27). The number of hydrogen-bond acceptors (Lipinski definition) is 9. The topological polar surface area (TPSA) is 139 Å². The Hall–Kier alpha value is -4.54. The molecule has 11 nitrogen and oxygen atoms in total. The molecule has 0 aliphatic rings. The van der Waals surface area contributed by atoms with E-state index in [4.69, 9.17) is 23.4 Å². The molecule has 0 fully saturated rings. The van der Waals surface area contributed by atoms with E-state index in [2.05, 4.69) is 5.32 Å². The van der Waals surface area contributed by atoms with E-state index in [0.717, 1.165) is 0 Å². The summed E-state index contributed by atoms with van der Waals surface area (Å²) in [5.74, 6) is 0.561. The van der Waals surface area contributed by atoms with Gasteiger partial charge in [0.1, 0.15) is 17.1 Å². The molecule has 184 valence electrons. The lowest BCUT2D eigenvalue weighted by Gasteiger charge is -2.14. The summed E-state index contributed by atoms with van der Waals surface area (Å²) in [6, 6.07) is 8.83. The molecule has 0 saturated heterocycles. The van der Waals surface area contributed by atoms with Crippen molar-refractivity contribution in [2.75, 3.05) is 33.8 Å². The van der Waals surface area contributed by atoms with Gasteiger partial charge in [0.15, 0.2) is 11.5 Å². The molecule has 0 aliphatic heterocycles. The molecule has 11 heteroatoms. The van der Waals surface area contributed by atoms with Crippen LogP contribution in [-0.2, 0) is 16.0 Å². The summed E-state index contributed by atoms with van der Waals surface area (Å²) in [7, 11) is 5.64. The first kappa shape index (κ1) is 25.1. The Balaban J connectivity index is 1.86. The highest BCUT2D eigenvalue weighted by atomic mass is 16.6. The lowest BCUT2D eigenvalue weighted by Crippen LogP contribution is -2.15. The van der Waals surface area contributed by atoms with Gasteiger partial charge >= 0.3 is 5.97 Å². The van der Waals surface area contributed by atoms with Gasteiger partial charge in [-0.1, -0.05) is 0 Å². The van der Waals surface area contributed by atoms with E-state index >= 15 is 0 Å². The number of benzene rings is 2. The third kappa shape index (κ3) is 5.35. The number of aryl methyl sites for hydroxylation is 1. The van der Waals surface area contributed by atoms with Crippen molar-refractivity contribution in [3.8, 4) is 28.6 Å². The zero-order valence-corrected chi connectivity index (χ0v) is 19.8. The molecular formula is C24H24N2O9. The minimum absolute atomic E-state index is 0.0495. The van der Waals surface area contributed by atoms with Gasteiger partial charge in [-0.25, -0.2) is 4.79 Å². The van der Waals surface area contributed by atoms with Gasteiger partial charge in [-0.15, -0.1) is 0 Å². The molecule has 0 atom stereocenters. The summed E-state index contributed by atoms with van der Waals surface area (Å²) in [6.07, 6.45) is -0.0495. The Morgan fingerprint density at radius 1 is 1.00 bits per heavy atom. The van der Waals surface area contributed by atoms with Gasteiger partial charge in [0.25, 0.3) is 5.69 Å². The second kappa shape index (κ2) is 10.6. The number of rotatable bonds is 9. The molecule has 1 N–H and O–H groups in total. The normalized spacial score (nSPS) is 10.4. The fraction of sp³-hybridized carbons (Fsp3) is 0.250. The zero-order chi connectivity index (χ0) is 25.7. The fourth-order valence-electron chi connectivity index (χ4n) is 3.52. The predicted molar refractivity (Wildman–Crippen MR) is 125 cm³/mol. The van der Waals surface area contributed by atoms with Gasteiger partial charge in [-0.05, 0) is 42.8 Å². The number of anilines is 1. The Labute approximate surface area is 200 Å². The smallest absolute Gasteiger partial charge is 0.341 e. The minimum atomic E-state index is -0.615. The largest absolute Gasteiger partial charge is 0.493 e. The fourth-order valence-corrected chi connectivity index (χ4v) is 3.52. The molecule has 1 heterocycles. The van der Waals surface area contributed by atoms with Crippen LogP contribution in [0.25, 0.3) is 11.3 Å². The van der Waals surface area contributed by atoms with Crippen molar-refractivity contribution < 1.29 is 37.9 Å². The summed E-state index contributed by atoms with van der Waals surface area (Å²) in [6.45, 7) is 1.55. The number of nitrogens with one attached hydrogen (secondary N) is 1. The Kier molecular flexibility index (Phi) is 7.59. The molecule has 1 amide bonds. The molecule has 0 radical (unpaired) electrons. The first-order valence-electron chi connectivity index (χ1n) is 10.3. The highest BCUT2D eigenvalue weighted by molar-refractivity contribution is 5.94. The van der Waals surface area contributed by atoms with Gasteiger partial charge in [0, 0.05) is 11.8 Å². The SMILES string of the molecule is COC(=O)c1cc(-c2ccc(NC(=O)Cc3cc(OC)c(OC)c(OC)c3)cc2[N+](=O)[O-])oc1C. The number of methoxy groups -OCH3 is 4. The molecule has 1 aromatic heterocycles. The van der Waals surface area contributed by atoms with E-state index in [0.29, 0.717) is 22.8 Å². The Bertz CT molecular complexity index is 1250. The molecule has 0 unspecified atom stereocenters.